The predicted molar refractivity (Wildman–Crippen MR) is 99.5 cm³/mol. The Hall–Kier alpha value is -3.13. The van der Waals surface area contributed by atoms with Crippen molar-refractivity contribution in [1.29, 1.82) is 0 Å². The summed E-state index contributed by atoms with van der Waals surface area (Å²) in [6.07, 6.45) is 4.13. The molecule has 0 saturated carbocycles. The molecule has 1 aliphatic heterocycles. The summed E-state index contributed by atoms with van der Waals surface area (Å²) in [5, 5.41) is 0. The van der Waals surface area contributed by atoms with Gasteiger partial charge in [0.2, 0.25) is 0 Å². The third-order valence-corrected chi connectivity index (χ3v) is 4.27. The van der Waals surface area contributed by atoms with Crippen LogP contribution in [0.3, 0.4) is 0 Å². The van der Waals surface area contributed by atoms with E-state index in [1.54, 1.807) is 0 Å². The summed E-state index contributed by atoms with van der Waals surface area (Å²) in [5.41, 5.74) is 5.66. The van der Waals surface area contributed by atoms with Crippen LogP contribution in [0.15, 0.2) is 72.8 Å². The minimum absolute atomic E-state index is 0.0118. The number of amides is 1. The second kappa shape index (κ2) is 5.82. The number of para-hydroxylation sites is 2. The predicted octanol–water partition coefficient (Wildman–Crippen LogP) is 5.46. The van der Waals surface area contributed by atoms with E-state index in [4.69, 9.17) is 0 Å². The van der Waals surface area contributed by atoms with Gasteiger partial charge in [0, 0.05) is 5.56 Å². The van der Waals surface area contributed by atoms with Gasteiger partial charge in [-0.05, 0) is 42.3 Å². The summed E-state index contributed by atoms with van der Waals surface area (Å²) < 4.78 is 0. The van der Waals surface area contributed by atoms with Gasteiger partial charge in [-0.3, -0.25) is 9.69 Å². The van der Waals surface area contributed by atoms with E-state index in [9.17, 15) is 4.79 Å². The fourth-order valence-electron chi connectivity index (χ4n) is 3.10. The Kier molecular flexibility index (Phi) is 3.51. The third-order valence-electron chi connectivity index (χ3n) is 4.27. The van der Waals surface area contributed by atoms with E-state index in [2.05, 4.69) is 12.2 Å². The molecule has 2 nitrogen and oxygen atoms in total. The maximum Gasteiger partial charge on any atom is 0.262 e. The number of hydrogen-bond acceptors (Lipinski definition) is 1. The lowest BCUT2D eigenvalue weighted by Gasteiger charge is -2.25. The molecule has 4 rings (SSSR count). The molecule has 0 atom stereocenters. The molecule has 0 aromatic heterocycles. The number of aryl methyl sites for hydroxylation is 1. The van der Waals surface area contributed by atoms with E-state index in [1.807, 2.05) is 84.6 Å². The Morgan fingerprint density at radius 3 is 1.92 bits per heavy atom. The smallest absolute Gasteiger partial charge is 0.262 e. The van der Waals surface area contributed by atoms with Crippen LogP contribution in [0, 0.1) is 6.92 Å². The molecule has 1 aliphatic rings. The van der Waals surface area contributed by atoms with Crippen LogP contribution in [-0.2, 0) is 0 Å². The Morgan fingerprint density at radius 1 is 0.750 bits per heavy atom. The van der Waals surface area contributed by atoms with Gasteiger partial charge in [0.05, 0.1) is 11.4 Å². The van der Waals surface area contributed by atoms with Crippen LogP contribution in [0.1, 0.15) is 27.0 Å². The number of carbonyl (C=O) groups excluding carboxylic acids is 1. The molecule has 1 amide bonds. The van der Waals surface area contributed by atoms with Gasteiger partial charge in [-0.2, -0.15) is 0 Å². The normalized spacial score (nSPS) is 12.3. The van der Waals surface area contributed by atoms with Gasteiger partial charge in [0.15, 0.2) is 0 Å². The molecule has 0 fully saturated rings. The largest absolute Gasteiger partial charge is 0.276 e. The monoisotopic (exact) mass is 311 g/mol. The fraction of sp³-hybridized carbons (Fsp3) is 0.0455. The lowest BCUT2D eigenvalue weighted by molar-refractivity contribution is 0.0999. The maximum absolute atomic E-state index is 13.3. The van der Waals surface area contributed by atoms with Crippen LogP contribution in [0.4, 0.5) is 11.4 Å². The second-order valence-corrected chi connectivity index (χ2v) is 5.96. The molecule has 0 N–H and O–H groups in total. The van der Waals surface area contributed by atoms with E-state index in [0.29, 0.717) is 5.56 Å². The first-order chi connectivity index (χ1) is 11.7. The molecule has 0 spiro atoms. The molecule has 0 saturated heterocycles. The van der Waals surface area contributed by atoms with Crippen molar-refractivity contribution < 1.29 is 4.79 Å². The highest BCUT2D eigenvalue weighted by Gasteiger charge is 2.24. The van der Waals surface area contributed by atoms with Crippen LogP contribution in [0.5, 0.6) is 0 Å². The molecule has 0 unspecified atom stereocenters. The Morgan fingerprint density at radius 2 is 1.33 bits per heavy atom. The first-order valence-corrected chi connectivity index (χ1v) is 8.01. The lowest BCUT2D eigenvalue weighted by atomic mass is 10.1. The van der Waals surface area contributed by atoms with Crippen molar-refractivity contribution in [2.75, 3.05) is 4.90 Å². The van der Waals surface area contributed by atoms with E-state index in [1.165, 1.54) is 0 Å². The number of rotatable bonds is 1. The molecule has 3 aromatic carbocycles. The van der Waals surface area contributed by atoms with Crippen molar-refractivity contribution in [3.05, 3.63) is 95.1 Å². The molecule has 24 heavy (non-hydrogen) atoms. The van der Waals surface area contributed by atoms with Gasteiger partial charge in [-0.25, -0.2) is 0 Å². The molecule has 0 bridgehead atoms. The number of carbonyl (C=O) groups is 1. The van der Waals surface area contributed by atoms with Gasteiger partial charge in [-0.15, -0.1) is 0 Å². The summed E-state index contributed by atoms with van der Waals surface area (Å²) in [6.45, 7) is 2.00. The van der Waals surface area contributed by atoms with Crippen LogP contribution < -0.4 is 4.90 Å². The molecule has 2 heteroatoms. The number of benzene rings is 3. The average molecular weight is 311 g/mol. The van der Waals surface area contributed by atoms with Crippen LogP contribution in [0.25, 0.3) is 12.2 Å². The van der Waals surface area contributed by atoms with Crippen LogP contribution in [0.2, 0.25) is 0 Å². The Bertz CT molecular complexity index is 906. The molecular weight excluding hydrogens is 294 g/mol. The quantitative estimate of drug-likeness (QED) is 0.584. The van der Waals surface area contributed by atoms with Gasteiger partial charge in [0.25, 0.3) is 5.91 Å². The summed E-state index contributed by atoms with van der Waals surface area (Å²) in [5.74, 6) is -0.0118. The average Bonchev–Trinajstić information content (AvgIpc) is 2.78. The van der Waals surface area contributed by atoms with Gasteiger partial charge in [-0.1, -0.05) is 66.2 Å². The fourth-order valence-corrected chi connectivity index (χ4v) is 3.10. The minimum atomic E-state index is -0.0118. The maximum atomic E-state index is 13.3. The first kappa shape index (κ1) is 14.5. The highest BCUT2D eigenvalue weighted by atomic mass is 16.2. The van der Waals surface area contributed by atoms with E-state index in [-0.39, 0.29) is 5.91 Å². The van der Waals surface area contributed by atoms with Crippen molar-refractivity contribution in [3.8, 4) is 0 Å². The van der Waals surface area contributed by atoms with E-state index < -0.39 is 0 Å². The van der Waals surface area contributed by atoms with E-state index in [0.717, 1.165) is 28.1 Å². The van der Waals surface area contributed by atoms with Crippen molar-refractivity contribution in [2.45, 2.75) is 6.92 Å². The van der Waals surface area contributed by atoms with E-state index >= 15 is 0 Å². The first-order valence-electron chi connectivity index (χ1n) is 8.01. The molecule has 0 aliphatic carbocycles. The van der Waals surface area contributed by atoms with Crippen LogP contribution in [-0.4, -0.2) is 5.91 Å². The SMILES string of the molecule is Cc1cccc(C(=O)N2c3ccccc3C=Cc3ccccc32)c1. The molecule has 116 valence electrons. The number of fused-ring (bicyclic) bond motifs is 2. The highest BCUT2D eigenvalue weighted by molar-refractivity contribution is 6.14. The zero-order valence-electron chi connectivity index (χ0n) is 13.4. The highest BCUT2D eigenvalue weighted by Crippen LogP contribution is 2.37. The zero-order valence-corrected chi connectivity index (χ0v) is 13.4. The Labute approximate surface area is 141 Å². The standard InChI is InChI=1S/C22H17NO/c1-16-7-6-10-19(15-16)22(24)23-20-11-4-2-8-17(20)13-14-18-9-3-5-12-21(18)23/h2-15H,1H3. The number of hydrogen-bond donors (Lipinski definition) is 0. The molecule has 3 aromatic rings. The van der Waals surface area contributed by atoms with Crippen molar-refractivity contribution in [2.24, 2.45) is 0 Å². The van der Waals surface area contributed by atoms with Gasteiger partial charge < -0.3 is 0 Å². The van der Waals surface area contributed by atoms with Crippen molar-refractivity contribution in [3.63, 3.8) is 0 Å². The summed E-state index contributed by atoms with van der Waals surface area (Å²) in [6, 6.07) is 23.7. The van der Waals surface area contributed by atoms with Crippen molar-refractivity contribution in [1.82, 2.24) is 0 Å². The third kappa shape index (κ3) is 2.42. The second-order valence-electron chi connectivity index (χ2n) is 5.96. The summed E-state index contributed by atoms with van der Waals surface area (Å²) in [4.78, 5) is 15.1. The molecule has 0 radical (unpaired) electrons. The Balaban J connectivity index is 1.93. The minimum Gasteiger partial charge on any atom is -0.276 e. The lowest BCUT2D eigenvalue weighted by Crippen LogP contribution is -2.26. The van der Waals surface area contributed by atoms with Crippen molar-refractivity contribution >= 4 is 29.4 Å². The van der Waals surface area contributed by atoms with Crippen LogP contribution >= 0.6 is 0 Å². The molecular formula is C22H17NO. The molecule has 1 heterocycles. The number of nitrogens with zero attached hydrogens (tertiary/aromatic N) is 1. The summed E-state index contributed by atoms with van der Waals surface area (Å²) in [7, 11) is 0. The zero-order chi connectivity index (χ0) is 16.5. The van der Waals surface area contributed by atoms with Gasteiger partial charge >= 0.3 is 0 Å². The number of anilines is 2. The summed E-state index contributed by atoms with van der Waals surface area (Å²) >= 11 is 0. The topological polar surface area (TPSA) is 20.3 Å². The van der Waals surface area contributed by atoms with Gasteiger partial charge in [0.1, 0.15) is 0 Å².